The predicted molar refractivity (Wildman–Crippen MR) is 68.8 cm³/mol. The van der Waals surface area contributed by atoms with Crippen LogP contribution in [0.5, 0.6) is 0 Å². The van der Waals surface area contributed by atoms with Crippen LogP contribution in [0.1, 0.15) is 27.8 Å². The molecule has 1 aromatic carbocycles. The molecule has 0 aliphatic carbocycles. The monoisotopic (exact) mass is 313 g/mol. The Morgan fingerprint density at radius 2 is 1.86 bits per heavy atom. The van der Waals surface area contributed by atoms with Gasteiger partial charge in [-0.05, 0) is 13.0 Å². The number of rotatable bonds is 4. The number of anilines is 1. The number of ether oxygens (including phenoxy) is 1. The van der Waals surface area contributed by atoms with E-state index in [1.54, 1.807) is 6.92 Å². The number of nitrogens with one attached hydrogen (secondary N) is 2. The van der Waals surface area contributed by atoms with Crippen molar-refractivity contribution in [1.82, 2.24) is 10.2 Å². The van der Waals surface area contributed by atoms with E-state index in [2.05, 4.69) is 15.5 Å². The van der Waals surface area contributed by atoms with Gasteiger partial charge in [-0.25, -0.2) is 18.0 Å². The number of carbonyl (C=O) groups excluding carboxylic acids is 2. The van der Waals surface area contributed by atoms with Gasteiger partial charge in [0.05, 0.1) is 12.2 Å². The normalized spacial score (nSPS) is 10.4. The first-order chi connectivity index (χ1) is 10.4. The topological polar surface area (TPSA) is 84.1 Å². The van der Waals surface area contributed by atoms with Crippen LogP contribution in [0.15, 0.2) is 18.2 Å². The van der Waals surface area contributed by atoms with Crippen molar-refractivity contribution in [2.45, 2.75) is 6.92 Å². The highest BCUT2D eigenvalue weighted by Crippen LogP contribution is 2.15. The Balaban J connectivity index is 2.16. The number of hydrogen-bond acceptors (Lipinski definition) is 4. The summed E-state index contributed by atoms with van der Waals surface area (Å²) in [7, 11) is 0. The Kier molecular flexibility index (Phi) is 4.44. The Morgan fingerprint density at radius 3 is 2.55 bits per heavy atom. The van der Waals surface area contributed by atoms with Crippen LogP contribution in [0, 0.1) is 17.5 Å². The van der Waals surface area contributed by atoms with Gasteiger partial charge in [-0.15, -0.1) is 0 Å². The molecule has 116 valence electrons. The highest BCUT2D eigenvalue weighted by Gasteiger charge is 2.18. The maximum atomic E-state index is 13.4. The second-order valence-corrected chi connectivity index (χ2v) is 4.09. The van der Waals surface area contributed by atoms with Crippen LogP contribution in [0.4, 0.5) is 19.0 Å². The Hall–Kier alpha value is -2.84. The highest BCUT2D eigenvalue weighted by atomic mass is 19.2. The number of benzene rings is 1. The van der Waals surface area contributed by atoms with E-state index in [0.29, 0.717) is 6.07 Å². The van der Waals surface area contributed by atoms with E-state index in [9.17, 15) is 22.8 Å². The molecule has 0 aliphatic heterocycles. The molecule has 1 heterocycles. The van der Waals surface area contributed by atoms with Gasteiger partial charge in [0.25, 0.3) is 5.91 Å². The maximum Gasteiger partial charge on any atom is 0.356 e. The SMILES string of the molecule is CCOC(=O)c1cc(NC(=O)c2cc(F)c(F)cc2F)n[nH]1. The van der Waals surface area contributed by atoms with Crippen molar-refractivity contribution in [3.63, 3.8) is 0 Å². The summed E-state index contributed by atoms with van der Waals surface area (Å²) in [5.41, 5.74) is -0.720. The first kappa shape index (κ1) is 15.5. The highest BCUT2D eigenvalue weighted by molar-refractivity contribution is 6.04. The minimum absolute atomic E-state index is 0.0251. The average molecular weight is 313 g/mol. The van der Waals surface area contributed by atoms with Gasteiger partial charge < -0.3 is 10.1 Å². The smallest absolute Gasteiger partial charge is 0.356 e. The molecule has 2 rings (SSSR count). The summed E-state index contributed by atoms with van der Waals surface area (Å²) >= 11 is 0. The second-order valence-electron chi connectivity index (χ2n) is 4.09. The van der Waals surface area contributed by atoms with Gasteiger partial charge in [0.15, 0.2) is 17.5 Å². The molecule has 0 bridgehead atoms. The van der Waals surface area contributed by atoms with Crippen molar-refractivity contribution in [3.8, 4) is 0 Å². The predicted octanol–water partition coefficient (Wildman–Crippen LogP) is 2.26. The number of hydrogen-bond donors (Lipinski definition) is 2. The van der Waals surface area contributed by atoms with Gasteiger partial charge in [-0.2, -0.15) is 5.10 Å². The molecule has 0 aliphatic rings. The third-order valence-electron chi connectivity index (χ3n) is 2.57. The summed E-state index contributed by atoms with van der Waals surface area (Å²) < 4.78 is 44.0. The van der Waals surface area contributed by atoms with Gasteiger partial charge in [0.2, 0.25) is 0 Å². The molecule has 22 heavy (non-hydrogen) atoms. The summed E-state index contributed by atoms with van der Waals surface area (Å²) in [4.78, 5) is 23.2. The van der Waals surface area contributed by atoms with Crippen molar-refractivity contribution in [3.05, 3.63) is 46.9 Å². The third-order valence-corrected chi connectivity index (χ3v) is 2.57. The molecule has 0 atom stereocenters. The quantitative estimate of drug-likeness (QED) is 0.670. The van der Waals surface area contributed by atoms with E-state index in [1.807, 2.05) is 0 Å². The molecule has 2 N–H and O–H groups in total. The van der Waals surface area contributed by atoms with Gasteiger partial charge >= 0.3 is 5.97 Å². The van der Waals surface area contributed by atoms with E-state index in [1.165, 1.54) is 0 Å². The summed E-state index contributed by atoms with van der Waals surface area (Å²) in [6, 6.07) is 1.85. The zero-order valence-electron chi connectivity index (χ0n) is 11.2. The molecular weight excluding hydrogens is 303 g/mol. The molecule has 0 radical (unpaired) electrons. The van der Waals surface area contributed by atoms with Crippen LogP contribution in [-0.2, 0) is 4.74 Å². The van der Waals surface area contributed by atoms with E-state index < -0.39 is 34.9 Å². The molecule has 0 saturated carbocycles. The first-order valence-electron chi connectivity index (χ1n) is 6.10. The van der Waals surface area contributed by atoms with Crippen molar-refractivity contribution >= 4 is 17.7 Å². The molecule has 6 nitrogen and oxygen atoms in total. The third kappa shape index (κ3) is 3.25. The molecule has 9 heteroatoms. The average Bonchev–Trinajstić information content (AvgIpc) is 2.91. The summed E-state index contributed by atoms with van der Waals surface area (Å²) in [6.07, 6.45) is 0. The van der Waals surface area contributed by atoms with Crippen molar-refractivity contribution in [2.75, 3.05) is 11.9 Å². The number of aromatic amines is 1. The Bertz CT molecular complexity index is 731. The molecule has 2 aromatic rings. The number of halogens is 3. The lowest BCUT2D eigenvalue weighted by Gasteiger charge is -2.04. The largest absolute Gasteiger partial charge is 0.461 e. The molecule has 0 spiro atoms. The minimum atomic E-state index is -1.40. The fourth-order valence-electron chi connectivity index (χ4n) is 1.58. The van der Waals surface area contributed by atoms with Crippen molar-refractivity contribution < 1.29 is 27.5 Å². The number of amides is 1. The van der Waals surface area contributed by atoms with Gasteiger partial charge in [0, 0.05) is 12.1 Å². The minimum Gasteiger partial charge on any atom is -0.461 e. The number of H-pyrrole nitrogens is 1. The molecule has 0 unspecified atom stereocenters. The number of aromatic nitrogens is 2. The fraction of sp³-hybridized carbons (Fsp3) is 0.154. The molecular formula is C13H10F3N3O3. The lowest BCUT2D eigenvalue weighted by atomic mass is 10.2. The lowest BCUT2D eigenvalue weighted by Crippen LogP contribution is -2.15. The standard InChI is InChI=1S/C13H10F3N3O3/c1-2-22-13(21)10-5-11(19-18-10)17-12(20)6-3-8(15)9(16)4-7(6)14/h3-5H,2H2,1H3,(H2,17,18,19,20). The molecule has 0 fully saturated rings. The van der Waals surface area contributed by atoms with Gasteiger partial charge in [-0.1, -0.05) is 0 Å². The van der Waals surface area contributed by atoms with Crippen LogP contribution >= 0.6 is 0 Å². The summed E-state index contributed by atoms with van der Waals surface area (Å²) in [6.45, 7) is 1.77. The van der Waals surface area contributed by atoms with Gasteiger partial charge in [-0.3, -0.25) is 9.89 Å². The van der Waals surface area contributed by atoms with Crippen LogP contribution in [0.3, 0.4) is 0 Å². The Morgan fingerprint density at radius 1 is 1.18 bits per heavy atom. The number of carbonyl (C=O) groups is 2. The lowest BCUT2D eigenvalue weighted by molar-refractivity contribution is 0.0519. The van der Waals surface area contributed by atoms with Crippen LogP contribution in [0.25, 0.3) is 0 Å². The van der Waals surface area contributed by atoms with Crippen LogP contribution < -0.4 is 5.32 Å². The molecule has 1 aromatic heterocycles. The van der Waals surface area contributed by atoms with Crippen LogP contribution in [0.2, 0.25) is 0 Å². The number of nitrogens with zero attached hydrogens (tertiary/aromatic N) is 1. The van der Waals surface area contributed by atoms with Crippen LogP contribution in [-0.4, -0.2) is 28.7 Å². The van der Waals surface area contributed by atoms with E-state index in [4.69, 9.17) is 4.74 Å². The van der Waals surface area contributed by atoms with E-state index in [-0.39, 0.29) is 24.2 Å². The van der Waals surface area contributed by atoms with Crippen molar-refractivity contribution in [1.29, 1.82) is 0 Å². The summed E-state index contributed by atoms with van der Waals surface area (Å²) in [5, 5.41) is 8.07. The zero-order chi connectivity index (χ0) is 16.3. The zero-order valence-corrected chi connectivity index (χ0v) is 11.2. The second kappa shape index (κ2) is 6.29. The van der Waals surface area contributed by atoms with Crippen molar-refractivity contribution in [2.24, 2.45) is 0 Å². The summed E-state index contributed by atoms with van der Waals surface area (Å²) in [5.74, 6) is -5.82. The van der Waals surface area contributed by atoms with E-state index in [0.717, 1.165) is 6.07 Å². The maximum absolute atomic E-state index is 13.4. The van der Waals surface area contributed by atoms with Gasteiger partial charge in [0.1, 0.15) is 11.5 Å². The van der Waals surface area contributed by atoms with E-state index >= 15 is 0 Å². The first-order valence-corrected chi connectivity index (χ1v) is 6.10. The fourth-order valence-corrected chi connectivity index (χ4v) is 1.58. The molecule has 0 saturated heterocycles. The Labute approximate surface area is 122 Å². The molecule has 1 amide bonds. The number of esters is 1.